The molecule has 2 aromatic rings. The number of fused-ring (bicyclic) bond motifs is 1. The molecule has 0 spiro atoms. The SMILES string of the molecule is CCOc1cccn2c(C(=O)NC3CCCCCCC3)c(C)nc12. The van der Waals surface area contributed by atoms with E-state index < -0.39 is 0 Å². The maximum atomic E-state index is 12.9. The van der Waals surface area contributed by atoms with E-state index in [-0.39, 0.29) is 11.9 Å². The van der Waals surface area contributed by atoms with Crippen LogP contribution >= 0.6 is 0 Å². The average Bonchev–Trinajstić information content (AvgIpc) is 2.87. The van der Waals surface area contributed by atoms with Gasteiger partial charge in [-0.2, -0.15) is 0 Å². The van der Waals surface area contributed by atoms with Gasteiger partial charge < -0.3 is 10.1 Å². The van der Waals surface area contributed by atoms with Gasteiger partial charge in [-0.3, -0.25) is 9.20 Å². The fourth-order valence-electron chi connectivity index (χ4n) is 3.55. The van der Waals surface area contributed by atoms with Gasteiger partial charge in [-0.1, -0.05) is 32.1 Å². The van der Waals surface area contributed by atoms with Crippen molar-refractivity contribution in [1.29, 1.82) is 0 Å². The molecule has 1 aliphatic carbocycles. The lowest BCUT2D eigenvalue weighted by Gasteiger charge is -2.21. The molecule has 0 unspecified atom stereocenters. The summed E-state index contributed by atoms with van der Waals surface area (Å²) >= 11 is 0. The minimum Gasteiger partial charge on any atom is -0.490 e. The Morgan fingerprint density at radius 1 is 1.29 bits per heavy atom. The Kier molecular flexibility index (Phi) is 5.38. The molecule has 2 aromatic heterocycles. The highest BCUT2D eigenvalue weighted by Gasteiger charge is 2.21. The highest BCUT2D eigenvalue weighted by atomic mass is 16.5. The van der Waals surface area contributed by atoms with E-state index in [4.69, 9.17) is 4.74 Å². The van der Waals surface area contributed by atoms with Crippen LogP contribution in [0.25, 0.3) is 5.65 Å². The maximum absolute atomic E-state index is 12.9. The number of ether oxygens (including phenoxy) is 1. The Hall–Kier alpha value is -2.04. The van der Waals surface area contributed by atoms with E-state index >= 15 is 0 Å². The van der Waals surface area contributed by atoms with Gasteiger partial charge in [-0.25, -0.2) is 4.98 Å². The van der Waals surface area contributed by atoms with Crippen molar-refractivity contribution in [2.24, 2.45) is 0 Å². The number of rotatable bonds is 4. The van der Waals surface area contributed by atoms with E-state index in [9.17, 15) is 4.79 Å². The van der Waals surface area contributed by atoms with Crippen molar-refractivity contribution in [3.05, 3.63) is 29.7 Å². The third kappa shape index (κ3) is 3.55. The molecule has 2 heterocycles. The Balaban J connectivity index is 1.84. The number of carbonyl (C=O) groups is 1. The van der Waals surface area contributed by atoms with Gasteiger partial charge >= 0.3 is 0 Å². The minimum absolute atomic E-state index is 0.0285. The van der Waals surface area contributed by atoms with E-state index in [0.717, 1.165) is 18.5 Å². The fourth-order valence-corrected chi connectivity index (χ4v) is 3.55. The highest BCUT2D eigenvalue weighted by Crippen LogP contribution is 2.23. The largest absolute Gasteiger partial charge is 0.490 e. The topological polar surface area (TPSA) is 55.6 Å². The Bertz CT molecular complexity index is 700. The Morgan fingerprint density at radius 3 is 2.71 bits per heavy atom. The first-order valence-corrected chi connectivity index (χ1v) is 9.12. The Morgan fingerprint density at radius 2 is 2.00 bits per heavy atom. The number of aryl methyl sites for hydroxylation is 1. The second kappa shape index (κ2) is 7.69. The summed E-state index contributed by atoms with van der Waals surface area (Å²) in [6.45, 7) is 4.41. The summed E-state index contributed by atoms with van der Waals surface area (Å²) in [6.07, 6.45) is 10.3. The molecule has 130 valence electrons. The first-order valence-electron chi connectivity index (χ1n) is 9.12. The number of imidazole rings is 1. The number of hydrogen-bond acceptors (Lipinski definition) is 3. The predicted octanol–water partition coefficient (Wildman–Crippen LogP) is 3.88. The van der Waals surface area contributed by atoms with Gasteiger partial charge in [0.1, 0.15) is 5.69 Å². The summed E-state index contributed by atoms with van der Waals surface area (Å²) in [4.78, 5) is 17.4. The smallest absolute Gasteiger partial charge is 0.270 e. The van der Waals surface area contributed by atoms with Crippen LogP contribution in [-0.2, 0) is 0 Å². The standard InChI is InChI=1S/C19H27N3O2/c1-3-24-16-12-9-13-22-17(14(2)20-18(16)22)19(23)21-15-10-7-5-4-6-8-11-15/h9,12-13,15H,3-8,10-11H2,1-2H3,(H,21,23). The molecule has 0 saturated heterocycles. The third-order valence-corrected chi connectivity index (χ3v) is 4.74. The molecule has 1 aliphatic rings. The average molecular weight is 329 g/mol. The van der Waals surface area contributed by atoms with E-state index in [0.29, 0.717) is 23.7 Å². The second-order valence-electron chi connectivity index (χ2n) is 6.56. The molecule has 1 saturated carbocycles. The van der Waals surface area contributed by atoms with Crippen molar-refractivity contribution >= 4 is 11.6 Å². The summed E-state index contributed by atoms with van der Waals surface area (Å²) in [5, 5.41) is 3.23. The minimum atomic E-state index is -0.0285. The normalized spacial score (nSPS) is 16.6. The zero-order valence-corrected chi connectivity index (χ0v) is 14.7. The third-order valence-electron chi connectivity index (χ3n) is 4.74. The van der Waals surface area contributed by atoms with Crippen LogP contribution in [-0.4, -0.2) is 27.9 Å². The van der Waals surface area contributed by atoms with Crippen LogP contribution in [0.2, 0.25) is 0 Å². The summed E-state index contributed by atoms with van der Waals surface area (Å²) in [5.41, 5.74) is 2.07. The van der Waals surface area contributed by atoms with Crippen LogP contribution in [0.3, 0.4) is 0 Å². The quantitative estimate of drug-likeness (QED) is 0.926. The van der Waals surface area contributed by atoms with Gasteiger partial charge in [-0.05, 0) is 38.8 Å². The van der Waals surface area contributed by atoms with E-state index in [1.165, 1.54) is 32.1 Å². The monoisotopic (exact) mass is 329 g/mol. The summed E-state index contributed by atoms with van der Waals surface area (Å²) in [5.74, 6) is 0.687. The molecule has 1 amide bonds. The maximum Gasteiger partial charge on any atom is 0.270 e. The van der Waals surface area contributed by atoms with Gasteiger partial charge in [0.15, 0.2) is 11.4 Å². The molecule has 5 heteroatoms. The molecule has 0 atom stereocenters. The zero-order chi connectivity index (χ0) is 16.9. The molecule has 0 bridgehead atoms. The van der Waals surface area contributed by atoms with E-state index in [1.807, 2.05) is 36.6 Å². The summed E-state index contributed by atoms with van der Waals surface area (Å²) in [7, 11) is 0. The van der Waals surface area contributed by atoms with Crippen molar-refractivity contribution in [3.8, 4) is 5.75 Å². The molecule has 0 aliphatic heterocycles. The van der Waals surface area contributed by atoms with Crippen LogP contribution < -0.4 is 10.1 Å². The van der Waals surface area contributed by atoms with E-state index in [2.05, 4.69) is 10.3 Å². The van der Waals surface area contributed by atoms with Gasteiger partial charge in [-0.15, -0.1) is 0 Å². The fraction of sp³-hybridized carbons (Fsp3) is 0.579. The highest BCUT2D eigenvalue weighted by molar-refractivity contribution is 5.95. The predicted molar refractivity (Wildman–Crippen MR) is 94.7 cm³/mol. The van der Waals surface area contributed by atoms with Crippen LogP contribution in [0.15, 0.2) is 18.3 Å². The Labute approximate surface area is 143 Å². The number of nitrogens with zero attached hydrogens (tertiary/aromatic N) is 2. The van der Waals surface area contributed by atoms with Crippen LogP contribution in [0, 0.1) is 6.92 Å². The molecule has 24 heavy (non-hydrogen) atoms. The first kappa shape index (κ1) is 16.8. The molecular formula is C19H27N3O2. The lowest BCUT2D eigenvalue weighted by Crippen LogP contribution is -2.36. The molecule has 5 nitrogen and oxygen atoms in total. The number of amides is 1. The van der Waals surface area contributed by atoms with Crippen molar-refractivity contribution in [1.82, 2.24) is 14.7 Å². The van der Waals surface area contributed by atoms with Gasteiger partial charge in [0.2, 0.25) is 0 Å². The summed E-state index contributed by atoms with van der Waals surface area (Å²) in [6, 6.07) is 4.06. The van der Waals surface area contributed by atoms with Crippen molar-refractivity contribution in [3.63, 3.8) is 0 Å². The van der Waals surface area contributed by atoms with Gasteiger partial charge in [0.05, 0.1) is 12.3 Å². The number of hydrogen-bond donors (Lipinski definition) is 1. The molecule has 1 fully saturated rings. The van der Waals surface area contributed by atoms with E-state index in [1.54, 1.807) is 0 Å². The molecule has 3 rings (SSSR count). The molecule has 0 radical (unpaired) electrons. The lowest BCUT2D eigenvalue weighted by molar-refractivity contribution is 0.0924. The number of pyridine rings is 1. The second-order valence-corrected chi connectivity index (χ2v) is 6.56. The lowest BCUT2D eigenvalue weighted by atomic mass is 9.96. The molecule has 0 aromatic carbocycles. The summed E-state index contributed by atoms with van der Waals surface area (Å²) < 4.78 is 7.48. The molecule has 1 N–H and O–H groups in total. The number of carbonyl (C=O) groups excluding carboxylic acids is 1. The van der Waals surface area contributed by atoms with Gasteiger partial charge in [0, 0.05) is 12.2 Å². The van der Waals surface area contributed by atoms with Crippen molar-refractivity contribution in [2.75, 3.05) is 6.61 Å². The number of nitrogens with one attached hydrogen (secondary N) is 1. The van der Waals surface area contributed by atoms with Crippen molar-refractivity contribution < 1.29 is 9.53 Å². The zero-order valence-electron chi connectivity index (χ0n) is 14.7. The van der Waals surface area contributed by atoms with Crippen LogP contribution in [0.1, 0.15) is 68.1 Å². The van der Waals surface area contributed by atoms with Crippen LogP contribution in [0.5, 0.6) is 5.75 Å². The van der Waals surface area contributed by atoms with Gasteiger partial charge in [0.25, 0.3) is 5.91 Å². The number of aromatic nitrogens is 2. The van der Waals surface area contributed by atoms with Crippen LogP contribution in [0.4, 0.5) is 0 Å². The first-order chi connectivity index (χ1) is 11.7. The van der Waals surface area contributed by atoms with Crippen molar-refractivity contribution in [2.45, 2.75) is 64.8 Å². The molecular weight excluding hydrogens is 302 g/mol.